The minimum atomic E-state index is -4.64. The molecule has 0 rings (SSSR count). The van der Waals surface area contributed by atoms with Crippen molar-refractivity contribution in [3.63, 3.8) is 0 Å². The van der Waals surface area contributed by atoms with Crippen molar-refractivity contribution in [3.8, 4) is 0 Å². The Labute approximate surface area is 159 Å². The molecule has 0 heterocycles. The molecule has 0 aromatic heterocycles. The van der Waals surface area contributed by atoms with Gasteiger partial charge in [-0.25, -0.2) is 0 Å². The Hall–Kier alpha value is -0.0356. The molecule has 0 aliphatic carbocycles. The first-order valence-corrected chi connectivity index (χ1v) is 4.56. The Bertz CT molecular complexity index is 311. The largest absolute Gasteiger partial charge is 0.449 e. The first-order chi connectivity index (χ1) is 8.83. The molecule has 0 unspecified atom stereocenters. The maximum absolute atomic E-state index is 10.8. The quantitative estimate of drug-likeness (QED) is 0.492. The average molecular weight is 488 g/mol. The summed E-state index contributed by atoms with van der Waals surface area (Å²) in [4.78, 5) is 28.0. The van der Waals surface area contributed by atoms with Crippen LogP contribution in [0.2, 0.25) is 0 Å². The summed E-state index contributed by atoms with van der Waals surface area (Å²) in [7, 11) is 0. The van der Waals surface area contributed by atoms with E-state index in [9.17, 15) is 53.9 Å². The first-order valence-electron chi connectivity index (χ1n) is 4.56. The van der Waals surface area contributed by atoms with Crippen LogP contribution >= 0.6 is 0 Å². The Kier molecular flexibility index (Phi) is 15.6. The second-order valence-electron chi connectivity index (χ2n) is 3.16. The van der Waals surface area contributed by atoms with Crippen LogP contribution in [-0.2, 0) is 14.4 Å². The van der Waals surface area contributed by atoms with Crippen LogP contribution in [0.15, 0.2) is 0 Å². The van der Waals surface area contributed by atoms with E-state index in [0.29, 0.717) is 20.8 Å². The van der Waals surface area contributed by atoms with E-state index >= 15 is 0 Å². The van der Waals surface area contributed by atoms with Gasteiger partial charge in [-0.1, -0.05) is 0 Å². The second kappa shape index (κ2) is 11.5. The molecule has 0 amide bonds. The molecule has 0 aliphatic heterocycles. The summed E-state index contributed by atoms with van der Waals surface area (Å²) < 4.78 is 97.5. The number of rotatable bonds is 0. The molecule has 0 spiro atoms. The third-order valence-corrected chi connectivity index (χ3v) is 1.20. The van der Waals surface area contributed by atoms with Gasteiger partial charge in [0.05, 0.1) is 0 Å². The molecule has 0 saturated carbocycles. The summed E-state index contributed by atoms with van der Waals surface area (Å²) in [6, 6.07) is 0. The van der Waals surface area contributed by atoms with Crippen molar-refractivity contribution in [3.05, 3.63) is 0 Å². The van der Waals surface area contributed by atoms with Gasteiger partial charge in [0.2, 0.25) is 17.3 Å². The van der Waals surface area contributed by atoms with Crippen LogP contribution in [0.5, 0.6) is 0 Å². The maximum Gasteiger partial charge on any atom is 0.449 e. The molecule has 0 fully saturated rings. The van der Waals surface area contributed by atoms with Gasteiger partial charge < -0.3 is 0 Å². The van der Waals surface area contributed by atoms with Crippen molar-refractivity contribution in [2.45, 2.75) is 39.3 Å². The molecule has 13 heteroatoms. The van der Waals surface area contributed by atoms with Crippen LogP contribution in [0.1, 0.15) is 20.8 Å². The zero-order valence-corrected chi connectivity index (χ0v) is 13.4. The van der Waals surface area contributed by atoms with E-state index in [1.165, 1.54) is 0 Å². The van der Waals surface area contributed by atoms with Gasteiger partial charge in [0.15, 0.2) is 0 Å². The van der Waals surface area contributed by atoms with Gasteiger partial charge in [-0.3, -0.25) is 14.4 Å². The minimum absolute atomic E-state index is 0. The number of ketones is 3. The summed E-state index contributed by atoms with van der Waals surface area (Å²) in [5.74, 6) is -5.27. The molecular weight excluding hydrogens is 479 g/mol. The molecule has 0 N–H and O–H groups in total. The van der Waals surface area contributed by atoms with E-state index in [1.54, 1.807) is 0 Å². The van der Waals surface area contributed by atoms with Gasteiger partial charge in [-0.2, -0.15) is 39.5 Å². The minimum Gasteiger partial charge on any atom is -0.290 e. The van der Waals surface area contributed by atoms with Crippen LogP contribution in [0.3, 0.4) is 0 Å². The number of carbonyl (C=O) groups is 3. The molecule has 22 heavy (non-hydrogen) atoms. The van der Waals surface area contributed by atoms with Crippen LogP contribution < -0.4 is 0 Å². The summed E-state index contributed by atoms with van der Waals surface area (Å²) in [6.45, 7) is 1.46. The number of halogens is 9. The Morgan fingerprint density at radius 1 is 0.500 bits per heavy atom. The number of Topliss-reactive ketones (excluding diaryl/α,β-unsaturated/α-hetero) is 3. The van der Waals surface area contributed by atoms with Crippen molar-refractivity contribution >= 4 is 17.3 Å². The molecule has 0 aliphatic rings. The van der Waals surface area contributed by atoms with E-state index in [4.69, 9.17) is 0 Å². The molecule has 0 saturated heterocycles. The Morgan fingerprint density at radius 2 is 0.545 bits per heavy atom. The van der Waals surface area contributed by atoms with Gasteiger partial charge >= 0.3 is 18.5 Å². The molecule has 133 valence electrons. The van der Waals surface area contributed by atoms with Crippen LogP contribution in [0.4, 0.5) is 39.5 Å². The number of alkyl halides is 9. The van der Waals surface area contributed by atoms with E-state index < -0.39 is 35.9 Å². The third kappa shape index (κ3) is 22.2. The summed E-state index contributed by atoms with van der Waals surface area (Å²) in [5, 5.41) is 0. The predicted octanol–water partition coefficient (Wildman–Crippen LogP) is 3.41. The van der Waals surface area contributed by atoms with Crippen LogP contribution in [0.25, 0.3) is 0 Å². The van der Waals surface area contributed by atoms with Crippen LogP contribution in [0, 0.1) is 49.4 Å². The van der Waals surface area contributed by atoms with Crippen LogP contribution in [-0.4, -0.2) is 35.9 Å². The summed E-state index contributed by atoms with van der Waals surface area (Å²) in [6.07, 6.45) is -13.9. The van der Waals surface area contributed by atoms with E-state index in [-0.39, 0.29) is 49.4 Å². The molecule has 0 atom stereocenters. The van der Waals surface area contributed by atoms with Gasteiger partial charge in [0, 0.05) is 70.1 Å². The second-order valence-corrected chi connectivity index (χ2v) is 3.16. The van der Waals surface area contributed by atoms with Gasteiger partial charge in [0.25, 0.3) is 0 Å². The van der Waals surface area contributed by atoms with Gasteiger partial charge in [-0.15, -0.1) is 0 Å². The van der Waals surface area contributed by atoms with Crippen molar-refractivity contribution in [2.24, 2.45) is 0 Å². The summed E-state index contributed by atoms with van der Waals surface area (Å²) >= 11 is 0. The smallest absolute Gasteiger partial charge is 0.290 e. The van der Waals surface area contributed by atoms with Crippen molar-refractivity contribution in [2.75, 3.05) is 0 Å². The first kappa shape index (κ1) is 29.9. The molecule has 1 radical (unpaired) electrons. The fraction of sp³-hybridized carbons (Fsp3) is 0.667. The molecule has 0 bridgehead atoms. The standard InChI is InChI=1S/3C3H3F3O.Eu/c3*1-2(7)3(4,5)6;/h3*1H3;. The summed E-state index contributed by atoms with van der Waals surface area (Å²) in [5.41, 5.74) is 0. The monoisotopic (exact) mass is 489 g/mol. The molecular formula is C9H9EuF9O3. The maximum atomic E-state index is 10.8. The third-order valence-electron chi connectivity index (χ3n) is 1.20. The van der Waals surface area contributed by atoms with Crippen molar-refractivity contribution in [1.82, 2.24) is 0 Å². The molecule has 3 nitrogen and oxygen atoms in total. The van der Waals surface area contributed by atoms with Crippen molar-refractivity contribution in [1.29, 1.82) is 0 Å². The molecule has 0 aromatic carbocycles. The van der Waals surface area contributed by atoms with E-state index in [0.717, 1.165) is 0 Å². The predicted molar refractivity (Wildman–Crippen MR) is 50.2 cm³/mol. The fourth-order valence-electron chi connectivity index (χ4n) is 0. The number of hydrogen-bond donors (Lipinski definition) is 0. The van der Waals surface area contributed by atoms with Gasteiger partial charge in [0.1, 0.15) is 0 Å². The Balaban J connectivity index is -0.000000108. The topological polar surface area (TPSA) is 51.2 Å². The van der Waals surface area contributed by atoms with E-state index in [1.807, 2.05) is 0 Å². The molecule has 0 aromatic rings. The number of carbonyl (C=O) groups excluding carboxylic acids is 3. The fourth-order valence-corrected chi connectivity index (χ4v) is 0. The Morgan fingerprint density at radius 3 is 0.545 bits per heavy atom. The zero-order valence-electron chi connectivity index (χ0n) is 11.0. The SMILES string of the molecule is CC(=O)C(F)(F)F.CC(=O)C(F)(F)F.CC(=O)C(F)(F)F.[Eu]. The zero-order chi connectivity index (χ0) is 18.2. The normalized spacial score (nSPS) is 10.9. The van der Waals surface area contributed by atoms with Gasteiger partial charge in [-0.05, 0) is 0 Å². The number of hydrogen-bond acceptors (Lipinski definition) is 3. The van der Waals surface area contributed by atoms with E-state index in [2.05, 4.69) is 0 Å². The van der Waals surface area contributed by atoms with Crippen molar-refractivity contribution < 1.29 is 103 Å². The average Bonchev–Trinajstić information content (AvgIpc) is 2.14.